The van der Waals surface area contributed by atoms with Gasteiger partial charge >= 0.3 is 5.97 Å². The number of rotatable bonds is 5. The standard InChI is InChI=1S/C17H24N2O5/c1-19-7-5-6-11(10-19)16(20)18-13-9-15(23-3)14(22-2)8-12(13)17(21)24-4/h8-9,11H,5-7,10H2,1-4H3,(H,18,20)/t11-/m1/s1. The van der Waals surface area contributed by atoms with Gasteiger partial charge in [-0.05, 0) is 26.4 Å². The second-order valence-electron chi connectivity index (χ2n) is 5.84. The van der Waals surface area contributed by atoms with E-state index in [2.05, 4.69) is 10.2 Å². The fourth-order valence-corrected chi connectivity index (χ4v) is 2.88. The Balaban J connectivity index is 2.29. The van der Waals surface area contributed by atoms with Crippen LogP contribution in [0.4, 0.5) is 5.69 Å². The highest BCUT2D eigenvalue weighted by Gasteiger charge is 2.26. The number of ether oxygens (including phenoxy) is 3. The van der Waals surface area contributed by atoms with Crippen molar-refractivity contribution in [1.82, 2.24) is 4.90 Å². The van der Waals surface area contributed by atoms with Gasteiger partial charge in [-0.15, -0.1) is 0 Å². The Morgan fingerprint density at radius 3 is 2.42 bits per heavy atom. The van der Waals surface area contributed by atoms with Crippen molar-refractivity contribution in [3.8, 4) is 11.5 Å². The van der Waals surface area contributed by atoms with Gasteiger partial charge in [0.2, 0.25) is 5.91 Å². The van der Waals surface area contributed by atoms with Crippen molar-refractivity contribution >= 4 is 17.6 Å². The first-order valence-corrected chi connectivity index (χ1v) is 7.83. The zero-order chi connectivity index (χ0) is 17.7. The lowest BCUT2D eigenvalue weighted by atomic mass is 9.97. The molecule has 1 heterocycles. The molecule has 132 valence electrons. The number of benzene rings is 1. The highest BCUT2D eigenvalue weighted by atomic mass is 16.5. The lowest BCUT2D eigenvalue weighted by Gasteiger charge is -2.29. The number of piperidine rings is 1. The largest absolute Gasteiger partial charge is 0.493 e. The Hall–Kier alpha value is -2.28. The van der Waals surface area contributed by atoms with E-state index in [1.54, 1.807) is 6.07 Å². The third kappa shape index (κ3) is 3.97. The quantitative estimate of drug-likeness (QED) is 0.826. The van der Waals surface area contributed by atoms with Crippen LogP contribution >= 0.6 is 0 Å². The number of carbonyl (C=O) groups excluding carboxylic acids is 2. The van der Waals surface area contributed by atoms with Crippen LogP contribution in [0.3, 0.4) is 0 Å². The first-order valence-electron chi connectivity index (χ1n) is 7.83. The Morgan fingerprint density at radius 1 is 1.17 bits per heavy atom. The zero-order valence-corrected chi connectivity index (χ0v) is 14.5. The third-order valence-corrected chi connectivity index (χ3v) is 4.18. The highest BCUT2D eigenvalue weighted by molar-refractivity contribution is 6.02. The Bertz CT molecular complexity index is 617. The summed E-state index contributed by atoms with van der Waals surface area (Å²) in [5.74, 6) is 0.0581. The van der Waals surface area contributed by atoms with Gasteiger partial charge in [0.05, 0.1) is 38.5 Å². The minimum absolute atomic E-state index is 0.109. The van der Waals surface area contributed by atoms with Gasteiger partial charge in [0.25, 0.3) is 0 Å². The summed E-state index contributed by atoms with van der Waals surface area (Å²) in [5, 5.41) is 2.84. The molecule has 1 aliphatic heterocycles. The van der Waals surface area contributed by atoms with E-state index in [0.29, 0.717) is 23.7 Å². The van der Waals surface area contributed by atoms with Crippen molar-refractivity contribution in [2.45, 2.75) is 12.8 Å². The number of nitrogens with zero attached hydrogens (tertiary/aromatic N) is 1. The van der Waals surface area contributed by atoms with E-state index in [1.165, 1.54) is 27.4 Å². The van der Waals surface area contributed by atoms with E-state index in [-0.39, 0.29) is 17.4 Å². The molecular weight excluding hydrogens is 312 g/mol. The average molecular weight is 336 g/mol. The van der Waals surface area contributed by atoms with Gasteiger partial charge in [0.1, 0.15) is 0 Å². The molecule has 0 unspecified atom stereocenters. The van der Waals surface area contributed by atoms with Crippen molar-refractivity contribution in [3.63, 3.8) is 0 Å². The maximum absolute atomic E-state index is 12.6. The maximum Gasteiger partial charge on any atom is 0.340 e. The van der Waals surface area contributed by atoms with E-state index in [9.17, 15) is 9.59 Å². The number of carbonyl (C=O) groups is 2. The fourth-order valence-electron chi connectivity index (χ4n) is 2.88. The number of esters is 1. The number of likely N-dealkylation sites (tertiary alicyclic amines) is 1. The van der Waals surface area contributed by atoms with Gasteiger partial charge in [-0.25, -0.2) is 4.79 Å². The first-order chi connectivity index (χ1) is 11.5. The molecule has 1 fully saturated rings. The lowest BCUT2D eigenvalue weighted by Crippen LogP contribution is -2.38. The van der Waals surface area contributed by atoms with Crippen molar-refractivity contribution in [1.29, 1.82) is 0 Å². The lowest BCUT2D eigenvalue weighted by molar-refractivity contribution is -0.121. The van der Waals surface area contributed by atoms with E-state index >= 15 is 0 Å². The first kappa shape index (κ1) is 18.1. The van der Waals surface area contributed by atoms with Crippen LogP contribution in [0.1, 0.15) is 23.2 Å². The van der Waals surface area contributed by atoms with Crippen LogP contribution in [0.15, 0.2) is 12.1 Å². The molecule has 1 saturated heterocycles. The second-order valence-corrected chi connectivity index (χ2v) is 5.84. The molecule has 0 bridgehead atoms. The molecule has 0 aliphatic carbocycles. The molecule has 0 radical (unpaired) electrons. The number of hydrogen-bond acceptors (Lipinski definition) is 6. The summed E-state index contributed by atoms with van der Waals surface area (Å²) in [5.41, 5.74) is 0.588. The monoisotopic (exact) mass is 336 g/mol. The van der Waals surface area contributed by atoms with Gasteiger partial charge < -0.3 is 24.4 Å². The van der Waals surface area contributed by atoms with E-state index < -0.39 is 5.97 Å². The van der Waals surface area contributed by atoms with Crippen LogP contribution in [0.2, 0.25) is 0 Å². The van der Waals surface area contributed by atoms with Crippen LogP contribution in [0.5, 0.6) is 11.5 Å². The highest BCUT2D eigenvalue weighted by Crippen LogP contribution is 2.34. The molecule has 1 amide bonds. The van der Waals surface area contributed by atoms with E-state index in [1.807, 2.05) is 7.05 Å². The summed E-state index contributed by atoms with van der Waals surface area (Å²) >= 11 is 0. The molecular formula is C17H24N2O5. The van der Waals surface area contributed by atoms with Gasteiger partial charge in [0.15, 0.2) is 11.5 Å². The maximum atomic E-state index is 12.6. The summed E-state index contributed by atoms with van der Waals surface area (Å²) in [6, 6.07) is 3.09. The van der Waals surface area contributed by atoms with Crippen molar-refractivity contribution in [2.24, 2.45) is 5.92 Å². The number of methoxy groups -OCH3 is 3. The number of anilines is 1. The molecule has 1 aromatic rings. The fraction of sp³-hybridized carbons (Fsp3) is 0.529. The van der Waals surface area contributed by atoms with E-state index in [0.717, 1.165) is 19.4 Å². The average Bonchev–Trinajstić information content (AvgIpc) is 2.60. The molecule has 0 saturated carbocycles. The van der Waals surface area contributed by atoms with E-state index in [4.69, 9.17) is 14.2 Å². The SMILES string of the molecule is COC(=O)c1cc(OC)c(OC)cc1NC(=O)[C@@H]1CCCN(C)C1. The summed E-state index contributed by atoms with van der Waals surface area (Å²) in [4.78, 5) is 26.7. The topological polar surface area (TPSA) is 77.1 Å². The van der Waals surface area contributed by atoms with Crippen LogP contribution in [0, 0.1) is 5.92 Å². The third-order valence-electron chi connectivity index (χ3n) is 4.18. The summed E-state index contributed by atoms with van der Waals surface area (Å²) in [7, 11) is 6.27. The van der Waals surface area contributed by atoms with Crippen LogP contribution in [-0.4, -0.2) is 58.2 Å². The normalized spacial score (nSPS) is 17.9. The molecule has 0 spiro atoms. The van der Waals surface area contributed by atoms with Gasteiger partial charge in [-0.1, -0.05) is 0 Å². The van der Waals surface area contributed by atoms with Gasteiger partial charge in [-0.2, -0.15) is 0 Å². The Kier molecular flexibility index (Phi) is 6.03. The molecule has 24 heavy (non-hydrogen) atoms. The molecule has 1 aromatic carbocycles. The molecule has 1 aliphatic rings. The molecule has 1 atom stereocenters. The van der Waals surface area contributed by atoms with Crippen molar-refractivity contribution < 1.29 is 23.8 Å². The van der Waals surface area contributed by atoms with Gasteiger partial charge in [0, 0.05) is 18.7 Å². The molecule has 7 heteroatoms. The predicted molar refractivity (Wildman–Crippen MR) is 89.7 cm³/mol. The Morgan fingerprint density at radius 2 is 1.83 bits per heavy atom. The van der Waals surface area contributed by atoms with Crippen molar-refractivity contribution in [3.05, 3.63) is 17.7 Å². The number of hydrogen-bond donors (Lipinski definition) is 1. The van der Waals surface area contributed by atoms with Crippen LogP contribution < -0.4 is 14.8 Å². The summed E-state index contributed by atoms with van der Waals surface area (Å²) in [6.07, 6.45) is 1.81. The van der Waals surface area contributed by atoms with Crippen LogP contribution in [-0.2, 0) is 9.53 Å². The molecule has 0 aromatic heterocycles. The second kappa shape index (κ2) is 8.01. The minimum atomic E-state index is -0.549. The van der Waals surface area contributed by atoms with Crippen molar-refractivity contribution in [2.75, 3.05) is 46.8 Å². The smallest absolute Gasteiger partial charge is 0.340 e. The molecule has 1 N–H and O–H groups in total. The zero-order valence-electron chi connectivity index (χ0n) is 14.5. The minimum Gasteiger partial charge on any atom is -0.493 e. The molecule has 7 nitrogen and oxygen atoms in total. The summed E-state index contributed by atoms with van der Waals surface area (Å²) < 4.78 is 15.3. The Labute approximate surface area is 141 Å². The number of nitrogens with one attached hydrogen (secondary N) is 1. The number of amides is 1. The van der Waals surface area contributed by atoms with Crippen LogP contribution in [0.25, 0.3) is 0 Å². The molecule has 2 rings (SSSR count). The summed E-state index contributed by atoms with van der Waals surface area (Å²) in [6.45, 7) is 1.69. The predicted octanol–water partition coefficient (Wildman–Crippen LogP) is 1.77. The van der Waals surface area contributed by atoms with Gasteiger partial charge in [-0.3, -0.25) is 4.79 Å².